The van der Waals surface area contributed by atoms with E-state index in [-0.39, 0.29) is 29.4 Å². The van der Waals surface area contributed by atoms with E-state index in [0.717, 1.165) is 4.47 Å². The lowest BCUT2D eigenvalue weighted by Gasteiger charge is -2.14. The summed E-state index contributed by atoms with van der Waals surface area (Å²) in [6, 6.07) is 10.5. The smallest absolute Gasteiger partial charge is 0.374 e. The number of esters is 2. The summed E-state index contributed by atoms with van der Waals surface area (Å²) < 4.78 is 42.3. The largest absolute Gasteiger partial charge is 0.460 e. The molecule has 11 heteroatoms. The molecule has 0 radical (unpaired) electrons. The number of hydrogen-bond donors (Lipinski definition) is 0. The Labute approximate surface area is 193 Å². The average Bonchev–Trinajstić information content (AvgIpc) is 3.14. The molecule has 32 heavy (non-hydrogen) atoms. The maximum absolute atomic E-state index is 12.7. The zero-order valence-electron chi connectivity index (χ0n) is 17.5. The fourth-order valence-corrected chi connectivity index (χ4v) is 4.26. The van der Waals surface area contributed by atoms with E-state index in [0.29, 0.717) is 21.0 Å². The maximum Gasteiger partial charge on any atom is 0.374 e. The number of sulfonamides is 1. The number of nitrogens with zero attached hydrogens (tertiary/aromatic N) is 1. The van der Waals surface area contributed by atoms with Gasteiger partial charge in [0.15, 0.2) is 0 Å². The number of rotatable bonds is 8. The second-order valence-electron chi connectivity index (χ2n) is 6.47. The predicted octanol–water partition coefficient (Wildman–Crippen LogP) is 3.91. The quantitative estimate of drug-likeness (QED) is 0.321. The molecule has 0 saturated heterocycles. The molecule has 0 amide bonds. The summed E-state index contributed by atoms with van der Waals surface area (Å²) in [4.78, 5) is 29.6. The molecule has 0 aliphatic carbocycles. The minimum absolute atomic E-state index is 0.0160. The lowest BCUT2D eigenvalue weighted by atomic mass is 10.1. The van der Waals surface area contributed by atoms with Gasteiger partial charge in [-0.3, -0.25) is 4.84 Å². The molecule has 0 bridgehead atoms. The summed E-state index contributed by atoms with van der Waals surface area (Å²) in [6.07, 6.45) is 0. The van der Waals surface area contributed by atoms with Crippen LogP contribution in [0.4, 0.5) is 0 Å². The molecule has 170 valence electrons. The van der Waals surface area contributed by atoms with E-state index in [4.69, 9.17) is 18.7 Å². The zero-order chi connectivity index (χ0) is 23.5. The van der Waals surface area contributed by atoms with Crippen LogP contribution in [-0.4, -0.2) is 45.6 Å². The van der Waals surface area contributed by atoms with Gasteiger partial charge in [-0.2, -0.15) is 0 Å². The third kappa shape index (κ3) is 4.85. The number of hydroxylamine groups is 1. The highest BCUT2D eigenvalue weighted by Crippen LogP contribution is 2.30. The predicted molar refractivity (Wildman–Crippen MR) is 117 cm³/mol. The van der Waals surface area contributed by atoms with Crippen LogP contribution in [0.25, 0.3) is 11.0 Å². The van der Waals surface area contributed by atoms with Crippen molar-refractivity contribution in [3.63, 3.8) is 0 Å². The third-order valence-electron chi connectivity index (χ3n) is 4.52. The van der Waals surface area contributed by atoms with E-state index in [1.807, 2.05) is 0 Å². The van der Waals surface area contributed by atoms with Gasteiger partial charge in [-0.1, -0.05) is 26.5 Å². The highest BCUT2D eigenvalue weighted by molar-refractivity contribution is 9.10. The summed E-state index contributed by atoms with van der Waals surface area (Å²) in [5, 5.41) is 0.577. The Hall–Kier alpha value is -2.73. The van der Waals surface area contributed by atoms with E-state index in [9.17, 15) is 18.0 Å². The van der Waals surface area contributed by atoms with Crippen molar-refractivity contribution in [1.82, 2.24) is 4.47 Å². The first-order valence-corrected chi connectivity index (χ1v) is 11.6. The Kier molecular flexibility index (Phi) is 7.34. The fourth-order valence-electron chi connectivity index (χ4n) is 2.88. The lowest BCUT2D eigenvalue weighted by molar-refractivity contribution is -0.0258. The molecule has 0 atom stereocenters. The van der Waals surface area contributed by atoms with Gasteiger partial charge in [-0.05, 0) is 43.3 Å². The number of ether oxygens (including phenoxy) is 2. The molecule has 9 nitrogen and oxygen atoms in total. The van der Waals surface area contributed by atoms with Crippen LogP contribution in [0.1, 0.15) is 33.4 Å². The first-order valence-electron chi connectivity index (χ1n) is 9.37. The van der Waals surface area contributed by atoms with Crippen LogP contribution in [0, 0.1) is 0 Å². The minimum atomic E-state index is -3.94. The van der Waals surface area contributed by atoms with Gasteiger partial charge in [0.25, 0.3) is 10.0 Å². The Bertz CT molecular complexity index is 1270. The van der Waals surface area contributed by atoms with Crippen LogP contribution >= 0.6 is 15.9 Å². The van der Waals surface area contributed by atoms with Crippen LogP contribution in [-0.2, 0) is 30.9 Å². The maximum atomic E-state index is 12.7. The zero-order valence-corrected chi connectivity index (χ0v) is 19.9. The van der Waals surface area contributed by atoms with Gasteiger partial charge in [-0.15, -0.1) is 0 Å². The van der Waals surface area contributed by atoms with Crippen LogP contribution in [0.2, 0.25) is 0 Å². The van der Waals surface area contributed by atoms with Gasteiger partial charge < -0.3 is 13.9 Å². The summed E-state index contributed by atoms with van der Waals surface area (Å²) in [7, 11) is -1.49. The minimum Gasteiger partial charge on any atom is -0.460 e. The number of carbonyl (C=O) groups excluding carboxylic acids is 2. The van der Waals surface area contributed by atoms with Gasteiger partial charge in [0.2, 0.25) is 5.76 Å². The molecule has 0 N–H and O–H groups in total. The van der Waals surface area contributed by atoms with E-state index in [2.05, 4.69) is 15.9 Å². The number of benzene rings is 2. The van der Waals surface area contributed by atoms with Crippen molar-refractivity contribution in [3.8, 4) is 0 Å². The number of fused-ring (bicyclic) bond motifs is 1. The van der Waals surface area contributed by atoms with E-state index >= 15 is 0 Å². The van der Waals surface area contributed by atoms with Gasteiger partial charge in [0.1, 0.15) is 12.2 Å². The number of carbonyl (C=O) groups is 2. The SMILES string of the molecule is CCOC(=O)c1oc2ccc(Br)cc2c1COC(=O)c1cccc(S(=O)(=O)N(C)OC)c1. The van der Waals surface area contributed by atoms with Gasteiger partial charge in [0.05, 0.1) is 29.7 Å². The molecule has 0 aliphatic rings. The van der Waals surface area contributed by atoms with Crippen LogP contribution in [0.5, 0.6) is 0 Å². The monoisotopic (exact) mass is 525 g/mol. The molecular weight excluding hydrogens is 506 g/mol. The van der Waals surface area contributed by atoms with E-state index in [1.165, 1.54) is 38.4 Å². The standard InChI is InChI=1S/C21H20BrNO8S/c1-4-29-21(25)19-17(16-11-14(22)8-9-18(16)31-19)12-30-20(24)13-6-5-7-15(10-13)32(26,27)23(2)28-3/h5-11H,4,12H2,1-3H3. The Balaban J connectivity index is 1.90. The highest BCUT2D eigenvalue weighted by atomic mass is 79.9. The summed E-state index contributed by atoms with van der Waals surface area (Å²) in [6.45, 7) is 1.53. The van der Waals surface area contributed by atoms with Crippen molar-refractivity contribution < 1.29 is 36.7 Å². The van der Waals surface area contributed by atoms with Crippen molar-refractivity contribution >= 4 is 48.9 Å². The van der Waals surface area contributed by atoms with Crippen molar-refractivity contribution in [2.75, 3.05) is 20.8 Å². The van der Waals surface area contributed by atoms with E-state index in [1.54, 1.807) is 25.1 Å². The first kappa shape index (κ1) is 23.9. The Morgan fingerprint density at radius 2 is 1.84 bits per heavy atom. The number of furan rings is 1. The number of halogens is 1. The molecule has 0 saturated carbocycles. The summed E-state index contributed by atoms with van der Waals surface area (Å²) in [5.74, 6) is -1.52. The van der Waals surface area contributed by atoms with Crippen LogP contribution in [0.3, 0.4) is 0 Å². The highest BCUT2D eigenvalue weighted by Gasteiger charge is 2.25. The van der Waals surface area contributed by atoms with Crippen molar-refractivity contribution in [1.29, 1.82) is 0 Å². The average molecular weight is 526 g/mol. The van der Waals surface area contributed by atoms with Gasteiger partial charge >= 0.3 is 11.9 Å². The summed E-state index contributed by atoms with van der Waals surface area (Å²) in [5.41, 5.74) is 0.788. The molecule has 0 unspecified atom stereocenters. The molecule has 3 aromatic rings. The van der Waals surface area contributed by atoms with Crippen molar-refractivity contribution in [3.05, 3.63) is 63.8 Å². The normalized spacial score (nSPS) is 11.7. The second kappa shape index (κ2) is 9.82. The molecule has 0 fully saturated rings. The molecule has 2 aromatic carbocycles. The lowest BCUT2D eigenvalue weighted by Crippen LogP contribution is -2.26. The molecule has 1 heterocycles. The van der Waals surface area contributed by atoms with Crippen LogP contribution in [0.15, 0.2) is 56.2 Å². The molecule has 1 aromatic heterocycles. The van der Waals surface area contributed by atoms with Gasteiger partial charge in [0, 0.05) is 16.9 Å². The molecule has 0 spiro atoms. The van der Waals surface area contributed by atoms with E-state index < -0.39 is 22.0 Å². The van der Waals surface area contributed by atoms with Crippen molar-refractivity contribution in [2.24, 2.45) is 0 Å². The fraction of sp³-hybridized carbons (Fsp3) is 0.238. The van der Waals surface area contributed by atoms with Crippen molar-refractivity contribution in [2.45, 2.75) is 18.4 Å². The number of hydrogen-bond acceptors (Lipinski definition) is 8. The molecule has 0 aliphatic heterocycles. The topological polar surface area (TPSA) is 112 Å². The summed E-state index contributed by atoms with van der Waals surface area (Å²) >= 11 is 3.37. The second-order valence-corrected chi connectivity index (χ2v) is 9.32. The van der Waals surface area contributed by atoms with Gasteiger partial charge in [-0.25, -0.2) is 18.0 Å². The van der Waals surface area contributed by atoms with Crippen LogP contribution < -0.4 is 0 Å². The third-order valence-corrected chi connectivity index (χ3v) is 6.69. The Morgan fingerprint density at radius 1 is 1.09 bits per heavy atom. The molecular formula is C21H20BrNO8S. The Morgan fingerprint density at radius 3 is 2.53 bits per heavy atom. The first-order chi connectivity index (χ1) is 15.2. The molecule has 3 rings (SSSR count).